The molecule has 10 heteroatoms. The molecule has 2 unspecified atom stereocenters. The number of nitrogens with one attached hydrogen (secondary N) is 1. The lowest BCUT2D eigenvalue weighted by Crippen LogP contribution is -2.42. The summed E-state index contributed by atoms with van der Waals surface area (Å²) in [5.74, 6) is 0.434. The van der Waals surface area contributed by atoms with Gasteiger partial charge in [0.25, 0.3) is 5.91 Å². The molecule has 0 aliphatic carbocycles. The van der Waals surface area contributed by atoms with E-state index in [-0.39, 0.29) is 18.3 Å². The number of carboxylic acids is 1. The number of thioether (sulfide) groups is 1. The molecule has 3 aromatic carbocycles. The molecule has 3 aromatic rings. The van der Waals surface area contributed by atoms with Gasteiger partial charge in [-0.2, -0.15) is 11.8 Å². The largest absolute Gasteiger partial charge is 0.493 e. The summed E-state index contributed by atoms with van der Waals surface area (Å²) in [5, 5.41) is 12.2. The molecule has 0 spiro atoms. The lowest BCUT2D eigenvalue weighted by Gasteiger charge is -2.20. The lowest BCUT2D eigenvalue weighted by atomic mass is 9.93. The Morgan fingerprint density at radius 1 is 1.10 bits per heavy atom. The van der Waals surface area contributed by atoms with Crippen molar-refractivity contribution in [1.82, 2.24) is 5.32 Å². The number of fused-ring (bicyclic) bond motifs is 1. The fourth-order valence-corrected chi connectivity index (χ4v) is 6.25. The van der Waals surface area contributed by atoms with Crippen LogP contribution in [0.15, 0.2) is 60.7 Å². The zero-order chi connectivity index (χ0) is 30.3. The second-order valence-electron chi connectivity index (χ2n) is 10.4. The van der Waals surface area contributed by atoms with Crippen LogP contribution < -0.4 is 10.1 Å². The quantitative estimate of drug-likeness (QED) is 0.255. The van der Waals surface area contributed by atoms with E-state index in [2.05, 4.69) is 30.4 Å². The van der Waals surface area contributed by atoms with Crippen LogP contribution in [0.3, 0.4) is 0 Å². The summed E-state index contributed by atoms with van der Waals surface area (Å²) in [7, 11) is -3.40. The third-order valence-electron chi connectivity index (χ3n) is 7.16. The molecule has 0 saturated carbocycles. The van der Waals surface area contributed by atoms with Crippen molar-refractivity contribution in [3.05, 3.63) is 88.5 Å². The molecule has 0 radical (unpaired) electrons. The fourth-order valence-electron chi connectivity index (χ4n) is 4.85. The molecule has 0 fully saturated rings. The summed E-state index contributed by atoms with van der Waals surface area (Å²) >= 11 is 1.80. The predicted octanol–water partition coefficient (Wildman–Crippen LogP) is 5.23. The van der Waals surface area contributed by atoms with E-state index >= 15 is 0 Å². The maximum absolute atomic E-state index is 13.4. The molecule has 0 saturated heterocycles. The van der Waals surface area contributed by atoms with Gasteiger partial charge >= 0.3 is 5.97 Å². The van der Waals surface area contributed by atoms with Crippen molar-refractivity contribution in [2.75, 3.05) is 30.1 Å². The molecule has 1 heterocycles. The minimum absolute atomic E-state index is 0.152. The Labute approximate surface area is 251 Å². The molecule has 0 bridgehead atoms. The Balaban J connectivity index is 1.60. The first kappa shape index (κ1) is 31.6. The van der Waals surface area contributed by atoms with Gasteiger partial charge in [-0.15, -0.1) is 0 Å². The molecule has 4 rings (SSSR count). The Hall–Kier alpha value is -3.34. The smallest absolute Gasteiger partial charge is 0.326 e. The van der Waals surface area contributed by atoms with E-state index in [0.29, 0.717) is 24.3 Å². The Morgan fingerprint density at radius 2 is 1.88 bits per heavy atom. The number of benzene rings is 3. The van der Waals surface area contributed by atoms with E-state index < -0.39 is 27.8 Å². The molecule has 42 heavy (non-hydrogen) atoms. The zero-order valence-electron chi connectivity index (χ0n) is 24.1. The Bertz CT molecular complexity index is 1540. The zero-order valence-corrected chi connectivity index (χ0v) is 25.7. The maximum Gasteiger partial charge on any atom is 0.326 e. The molecular weight excluding hydrogens is 574 g/mol. The summed E-state index contributed by atoms with van der Waals surface area (Å²) in [4.78, 5) is 25.2. The summed E-state index contributed by atoms with van der Waals surface area (Å²) in [6.07, 6.45) is 1.57. The van der Waals surface area contributed by atoms with Gasteiger partial charge in [0.15, 0.2) is 0 Å². The van der Waals surface area contributed by atoms with Crippen molar-refractivity contribution in [2.45, 2.75) is 45.4 Å². The van der Waals surface area contributed by atoms with Crippen LogP contribution in [0, 0.1) is 6.92 Å². The first-order valence-electron chi connectivity index (χ1n) is 13.9. The van der Waals surface area contributed by atoms with Gasteiger partial charge in [0.1, 0.15) is 21.6 Å². The van der Waals surface area contributed by atoms with Gasteiger partial charge in [-0.3, -0.25) is 4.79 Å². The van der Waals surface area contributed by atoms with Gasteiger partial charge in [-0.05, 0) is 70.7 Å². The number of hydrogen-bond donors (Lipinski definition) is 2. The summed E-state index contributed by atoms with van der Waals surface area (Å²) < 4.78 is 35.4. The number of aliphatic carboxylic acids is 1. The van der Waals surface area contributed by atoms with E-state index in [1.54, 1.807) is 23.9 Å². The highest BCUT2D eigenvalue weighted by Gasteiger charge is 2.25. The van der Waals surface area contributed by atoms with Crippen LogP contribution in [0.5, 0.6) is 5.75 Å². The first-order chi connectivity index (χ1) is 20.1. The molecule has 2 N–H and O–H groups in total. The van der Waals surface area contributed by atoms with E-state index in [0.717, 1.165) is 52.2 Å². The number of rotatable bonds is 14. The number of carboxylic acid groups (broad SMARTS) is 1. The molecule has 1 aliphatic rings. The van der Waals surface area contributed by atoms with Crippen molar-refractivity contribution in [3.63, 3.8) is 0 Å². The molecule has 8 nitrogen and oxygen atoms in total. The third kappa shape index (κ3) is 8.36. The Kier molecular flexibility index (Phi) is 10.7. The summed E-state index contributed by atoms with van der Waals surface area (Å²) in [6.45, 7) is 5.06. The van der Waals surface area contributed by atoms with Crippen molar-refractivity contribution in [2.24, 2.45) is 0 Å². The molecular formula is C32H37NO7S2. The molecule has 1 amide bonds. The third-order valence-corrected chi connectivity index (χ3v) is 9.09. The van der Waals surface area contributed by atoms with Crippen molar-refractivity contribution in [3.8, 4) is 16.9 Å². The predicted molar refractivity (Wildman–Crippen MR) is 166 cm³/mol. The molecule has 1 aliphatic heterocycles. The van der Waals surface area contributed by atoms with Gasteiger partial charge in [0.05, 0.1) is 25.1 Å². The standard InChI is InChI=1S/C32H37NO7S2/c1-4-41-20-30(24-11-10-23-13-15-39-29(23)18-24)40-19-22-9-12-26(27(17-22)25-8-6-5-7-21(25)2)31(34)33-28(32(35)36)14-16-42(3,37)38/h5-12,17-18,28,30H,4,13-16,19-20H2,1-3H3,(H,33,34)(H,35,36). The highest BCUT2D eigenvalue weighted by atomic mass is 32.2. The van der Waals surface area contributed by atoms with Gasteiger partial charge in [-0.1, -0.05) is 49.4 Å². The van der Waals surface area contributed by atoms with Crippen molar-refractivity contribution >= 4 is 33.5 Å². The summed E-state index contributed by atoms with van der Waals surface area (Å²) in [6, 6.07) is 18.0. The van der Waals surface area contributed by atoms with Gasteiger partial charge in [-0.25, -0.2) is 13.2 Å². The van der Waals surface area contributed by atoms with Crippen LogP contribution >= 0.6 is 11.8 Å². The van der Waals surface area contributed by atoms with E-state index in [1.165, 1.54) is 5.56 Å². The van der Waals surface area contributed by atoms with Crippen LogP contribution in [0.1, 0.15) is 52.1 Å². The van der Waals surface area contributed by atoms with Crippen LogP contribution in [-0.2, 0) is 32.4 Å². The second-order valence-corrected chi connectivity index (χ2v) is 14.0. The molecule has 2 atom stereocenters. The monoisotopic (exact) mass is 611 g/mol. The number of carbonyl (C=O) groups excluding carboxylic acids is 1. The minimum Gasteiger partial charge on any atom is -0.493 e. The topological polar surface area (TPSA) is 119 Å². The van der Waals surface area contributed by atoms with E-state index in [4.69, 9.17) is 9.47 Å². The SMILES string of the molecule is CCSCC(OCc1ccc(C(=O)NC(CCS(C)(=O)=O)C(=O)O)c(-c2ccccc2C)c1)c1ccc2c(c1)OCC2. The number of ether oxygens (including phenoxy) is 2. The normalized spacial score (nSPS) is 14.1. The minimum atomic E-state index is -3.40. The van der Waals surface area contributed by atoms with Crippen molar-refractivity contribution < 1.29 is 32.6 Å². The average molecular weight is 612 g/mol. The van der Waals surface area contributed by atoms with Gasteiger partial charge in [0.2, 0.25) is 0 Å². The lowest BCUT2D eigenvalue weighted by molar-refractivity contribution is -0.139. The molecule has 224 valence electrons. The number of amides is 1. The number of carbonyl (C=O) groups is 2. The van der Waals surface area contributed by atoms with Crippen LogP contribution in [0.25, 0.3) is 11.1 Å². The highest BCUT2D eigenvalue weighted by molar-refractivity contribution is 7.99. The average Bonchev–Trinajstić information content (AvgIpc) is 3.43. The first-order valence-corrected chi connectivity index (χ1v) is 17.1. The van der Waals surface area contributed by atoms with E-state index in [1.807, 2.05) is 37.3 Å². The number of hydrogen-bond acceptors (Lipinski definition) is 7. The second kappa shape index (κ2) is 14.2. The van der Waals surface area contributed by atoms with Crippen LogP contribution in [0.2, 0.25) is 0 Å². The van der Waals surface area contributed by atoms with Gasteiger partial charge < -0.3 is 19.9 Å². The number of aryl methyl sites for hydroxylation is 1. The van der Waals surface area contributed by atoms with E-state index in [9.17, 15) is 23.1 Å². The maximum atomic E-state index is 13.4. The van der Waals surface area contributed by atoms with Crippen LogP contribution in [0.4, 0.5) is 0 Å². The Morgan fingerprint density at radius 3 is 2.60 bits per heavy atom. The summed E-state index contributed by atoms with van der Waals surface area (Å²) in [5.41, 5.74) is 5.85. The van der Waals surface area contributed by atoms with Gasteiger partial charge in [0, 0.05) is 24.0 Å². The molecule has 0 aromatic heterocycles. The van der Waals surface area contributed by atoms with Crippen molar-refractivity contribution in [1.29, 1.82) is 0 Å². The fraction of sp³-hybridized carbons (Fsp3) is 0.375. The highest BCUT2D eigenvalue weighted by Crippen LogP contribution is 2.33. The number of sulfone groups is 1. The van der Waals surface area contributed by atoms with Crippen LogP contribution in [-0.4, -0.2) is 61.6 Å².